The van der Waals surface area contributed by atoms with Crippen molar-refractivity contribution in [3.8, 4) is 5.69 Å². The molecular formula is C20H17F4N7O. The summed E-state index contributed by atoms with van der Waals surface area (Å²) in [5.41, 5.74) is -0.926. The Labute approximate surface area is 179 Å². The predicted octanol–water partition coefficient (Wildman–Crippen LogP) is 2.57. The highest BCUT2D eigenvalue weighted by Gasteiger charge is 2.46. The highest BCUT2D eigenvalue weighted by Crippen LogP contribution is 2.36. The van der Waals surface area contributed by atoms with Gasteiger partial charge in [0.05, 0.1) is 24.0 Å². The van der Waals surface area contributed by atoms with Crippen molar-refractivity contribution >= 4 is 11.7 Å². The number of rotatable bonds is 3. The van der Waals surface area contributed by atoms with Crippen molar-refractivity contribution in [2.24, 2.45) is 5.92 Å². The zero-order valence-electron chi connectivity index (χ0n) is 16.6. The van der Waals surface area contributed by atoms with Gasteiger partial charge in [0.25, 0.3) is 5.91 Å². The number of piperidine rings is 1. The van der Waals surface area contributed by atoms with Crippen molar-refractivity contribution in [3.05, 3.63) is 60.1 Å². The highest BCUT2D eigenvalue weighted by molar-refractivity contribution is 5.98. The first kappa shape index (κ1) is 20.3. The van der Waals surface area contributed by atoms with Crippen LogP contribution in [-0.2, 0) is 6.18 Å². The topological polar surface area (TPSA) is 80.0 Å². The normalized spacial score (nSPS) is 20.6. The fourth-order valence-corrected chi connectivity index (χ4v) is 4.29. The van der Waals surface area contributed by atoms with E-state index >= 15 is 0 Å². The van der Waals surface area contributed by atoms with Gasteiger partial charge in [0, 0.05) is 31.6 Å². The second kappa shape index (κ2) is 7.53. The summed E-state index contributed by atoms with van der Waals surface area (Å²) in [6.07, 6.45) is -0.198. The smallest absolute Gasteiger partial charge is 0.354 e. The van der Waals surface area contributed by atoms with E-state index in [4.69, 9.17) is 0 Å². The fourth-order valence-electron chi connectivity index (χ4n) is 4.29. The average Bonchev–Trinajstić information content (AvgIpc) is 3.28. The van der Waals surface area contributed by atoms with Gasteiger partial charge in [-0.15, -0.1) is 4.80 Å². The number of hydrogen-bond donors (Lipinski definition) is 0. The zero-order valence-corrected chi connectivity index (χ0v) is 16.6. The van der Waals surface area contributed by atoms with Crippen LogP contribution in [0, 0.1) is 11.7 Å². The number of anilines is 1. The zero-order chi connectivity index (χ0) is 22.5. The maximum Gasteiger partial charge on any atom is 0.433 e. The maximum absolute atomic E-state index is 14.5. The molecule has 12 heteroatoms. The number of fused-ring (bicyclic) bond motifs is 1. The number of para-hydroxylation sites is 1. The largest absolute Gasteiger partial charge is 0.433 e. The van der Waals surface area contributed by atoms with Gasteiger partial charge in [0.1, 0.15) is 23.5 Å². The molecule has 0 saturated carbocycles. The molecule has 2 aromatic heterocycles. The molecule has 0 bridgehead atoms. The Morgan fingerprint density at radius 2 is 1.88 bits per heavy atom. The van der Waals surface area contributed by atoms with Crippen LogP contribution in [0.3, 0.4) is 0 Å². The van der Waals surface area contributed by atoms with Gasteiger partial charge in [0.15, 0.2) is 5.82 Å². The Morgan fingerprint density at radius 3 is 2.62 bits per heavy atom. The summed E-state index contributed by atoms with van der Waals surface area (Å²) in [6.45, 7) is 1.35. The van der Waals surface area contributed by atoms with Crippen LogP contribution in [0.2, 0.25) is 0 Å². The molecule has 5 rings (SSSR count). The number of carbonyl (C=O) groups is 1. The first-order chi connectivity index (χ1) is 15.3. The number of nitrogens with zero attached hydrogens (tertiary/aromatic N) is 7. The molecule has 0 N–H and O–H groups in total. The Kier molecular flexibility index (Phi) is 4.79. The Morgan fingerprint density at radius 1 is 1.09 bits per heavy atom. The third-order valence-corrected chi connectivity index (χ3v) is 5.92. The van der Waals surface area contributed by atoms with E-state index in [0.29, 0.717) is 26.1 Å². The third-order valence-electron chi connectivity index (χ3n) is 5.92. The van der Waals surface area contributed by atoms with Gasteiger partial charge in [0.2, 0.25) is 0 Å². The molecule has 0 spiro atoms. The molecule has 3 aromatic rings. The number of benzene rings is 1. The highest BCUT2D eigenvalue weighted by atomic mass is 19.4. The van der Waals surface area contributed by atoms with Crippen LogP contribution < -0.4 is 4.90 Å². The summed E-state index contributed by atoms with van der Waals surface area (Å²) in [4.78, 5) is 25.0. The number of halogens is 4. The van der Waals surface area contributed by atoms with Gasteiger partial charge in [-0.05, 0) is 18.6 Å². The Bertz CT molecular complexity index is 1150. The first-order valence-electron chi connectivity index (χ1n) is 9.93. The molecule has 2 aliphatic heterocycles. The van der Waals surface area contributed by atoms with E-state index in [1.165, 1.54) is 30.6 Å². The minimum atomic E-state index is -4.57. The van der Waals surface area contributed by atoms with E-state index in [1.54, 1.807) is 9.80 Å². The lowest BCUT2D eigenvalue weighted by molar-refractivity contribution is -0.141. The molecule has 4 heterocycles. The number of alkyl halides is 3. The van der Waals surface area contributed by atoms with Gasteiger partial charge < -0.3 is 9.80 Å². The van der Waals surface area contributed by atoms with Gasteiger partial charge in [-0.25, -0.2) is 14.4 Å². The van der Waals surface area contributed by atoms with Crippen molar-refractivity contribution in [2.75, 3.05) is 24.5 Å². The number of hydrogen-bond acceptors (Lipinski definition) is 6. The molecule has 2 unspecified atom stereocenters. The summed E-state index contributed by atoms with van der Waals surface area (Å²) in [5.74, 6) is -0.621. The second-order valence-electron chi connectivity index (χ2n) is 7.73. The van der Waals surface area contributed by atoms with Crippen LogP contribution >= 0.6 is 0 Å². The van der Waals surface area contributed by atoms with E-state index < -0.39 is 17.7 Å². The SMILES string of the molecule is O=C(c1cccc(F)c1-n1nccn1)N1CC2CCN(c3cc(C(F)(F)F)ncn3)CC21. The van der Waals surface area contributed by atoms with Crippen molar-refractivity contribution < 1.29 is 22.4 Å². The van der Waals surface area contributed by atoms with Crippen LogP contribution in [-0.4, -0.2) is 61.4 Å². The van der Waals surface area contributed by atoms with Crippen LogP contribution in [0.1, 0.15) is 22.5 Å². The molecule has 2 aliphatic rings. The van der Waals surface area contributed by atoms with Gasteiger partial charge in [-0.3, -0.25) is 4.79 Å². The molecule has 2 saturated heterocycles. The van der Waals surface area contributed by atoms with E-state index in [1.807, 2.05) is 0 Å². The monoisotopic (exact) mass is 447 g/mol. The van der Waals surface area contributed by atoms with Crippen molar-refractivity contribution in [1.82, 2.24) is 29.9 Å². The Balaban J connectivity index is 1.39. The first-order valence-corrected chi connectivity index (χ1v) is 9.93. The molecule has 166 valence electrons. The standard InChI is InChI=1S/C20H17F4N7O/c21-14-3-1-2-13(18(14)31-27-5-6-28-31)19(32)30-9-12-4-7-29(10-15(12)30)17-8-16(20(22,23)24)25-11-26-17/h1-3,5-6,8,11-12,15H,4,7,9-10H2. The minimum absolute atomic E-state index is 0.0377. The predicted molar refractivity (Wildman–Crippen MR) is 103 cm³/mol. The summed E-state index contributed by atoms with van der Waals surface area (Å²) >= 11 is 0. The van der Waals surface area contributed by atoms with Crippen LogP contribution in [0.4, 0.5) is 23.4 Å². The quantitative estimate of drug-likeness (QED) is 0.575. The van der Waals surface area contributed by atoms with Gasteiger partial charge in [-0.1, -0.05) is 6.07 Å². The fraction of sp³-hybridized carbons (Fsp3) is 0.350. The van der Waals surface area contributed by atoms with Crippen LogP contribution in [0.5, 0.6) is 0 Å². The number of aromatic nitrogens is 5. The molecule has 0 radical (unpaired) electrons. The Hall–Kier alpha value is -3.57. The van der Waals surface area contributed by atoms with Crippen LogP contribution in [0.15, 0.2) is 43.0 Å². The van der Waals surface area contributed by atoms with E-state index in [-0.39, 0.29) is 34.9 Å². The van der Waals surface area contributed by atoms with Crippen LogP contribution in [0.25, 0.3) is 5.69 Å². The maximum atomic E-state index is 14.5. The van der Waals surface area contributed by atoms with E-state index in [2.05, 4.69) is 20.2 Å². The molecule has 8 nitrogen and oxygen atoms in total. The lowest BCUT2D eigenvalue weighted by atomic mass is 9.81. The molecule has 0 aliphatic carbocycles. The molecule has 1 aromatic carbocycles. The van der Waals surface area contributed by atoms with Crippen molar-refractivity contribution in [3.63, 3.8) is 0 Å². The lowest BCUT2D eigenvalue weighted by Crippen LogP contribution is -2.66. The molecule has 2 atom stereocenters. The molecule has 32 heavy (non-hydrogen) atoms. The van der Waals surface area contributed by atoms with Gasteiger partial charge >= 0.3 is 6.18 Å². The minimum Gasteiger partial charge on any atom is -0.354 e. The van der Waals surface area contributed by atoms with Crippen molar-refractivity contribution in [1.29, 1.82) is 0 Å². The van der Waals surface area contributed by atoms with Gasteiger partial charge in [-0.2, -0.15) is 23.4 Å². The molecule has 1 amide bonds. The molecular weight excluding hydrogens is 430 g/mol. The van der Waals surface area contributed by atoms with E-state index in [9.17, 15) is 22.4 Å². The summed E-state index contributed by atoms with van der Waals surface area (Å²) in [6, 6.07) is 4.88. The third kappa shape index (κ3) is 3.45. The number of carbonyl (C=O) groups excluding carboxylic acids is 1. The van der Waals surface area contributed by atoms with E-state index in [0.717, 1.165) is 17.2 Å². The average molecular weight is 447 g/mol. The van der Waals surface area contributed by atoms with Crippen molar-refractivity contribution in [2.45, 2.75) is 18.6 Å². The molecule has 2 fully saturated rings. The second-order valence-corrected chi connectivity index (χ2v) is 7.73. The summed E-state index contributed by atoms with van der Waals surface area (Å²) in [5, 5.41) is 7.87. The summed E-state index contributed by atoms with van der Waals surface area (Å²) in [7, 11) is 0. The number of likely N-dealkylation sites (tertiary alicyclic amines) is 1. The summed E-state index contributed by atoms with van der Waals surface area (Å²) < 4.78 is 53.6. The number of amides is 1. The lowest BCUT2D eigenvalue weighted by Gasteiger charge is -2.53.